The van der Waals surface area contributed by atoms with Crippen LogP contribution in [0.2, 0.25) is 0 Å². The van der Waals surface area contributed by atoms with Crippen molar-refractivity contribution in [2.24, 2.45) is 10.9 Å². The summed E-state index contributed by atoms with van der Waals surface area (Å²) in [6.45, 7) is 1.78. The second-order valence-electron chi connectivity index (χ2n) is 6.87. The van der Waals surface area contributed by atoms with E-state index in [9.17, 15) is 23.5 Å². The van der Waals surface area contributed by atoms with Crippen LogP contribution in [0, 0.1) is 21.1 Å². The van der Waals surface area contributed by atoms with E-state index in [-0.39, 0.29) is 26.6 Å². The monoisotopic (exact) mass is 575 g/mol. The van der Waals surface area contributed by atoms with Crippen molar-refractivity contribution in [3.63, 3.8) is 0 Å². The minimum absolute atomic E-state index is 0.0137. The number of rotatable bonds is 12. The van der Waals surface area contributed by atoms with E-state index in [1.165, 1.54) is 7.11 Å². The van der Waals surface area contributed by atoms with Crippen LogP contribution < -0.4 is 0 Å². The summed E-state index contributed by atoms with van der Waals surface area (Å²) in [6, 6.07) is 9.07. The van der Waals surface area contributed by atoms with Gasteiger partial charge in [0.1, 0.15) is 6.79 Å². The van der Waals surface area contributed by atoms with E-state index in [2.05, 4.69) is 4.99 Å². The molecule has 0 amide bonds. The van der Waals surface area contributed by atoms with Gasteiger partial charge in [-0.15, -0.1) is 0 Å². The maximum absolute atomic E-state index is 14.2. The van der Waals surface area contributed by atoms with Crippen LogP contribution >= 0.6 is 22.6 Å². The van der Waals surface area contributed by atoms with Gasteiger partial charge in [-0.2, -0.15) is 0 Å². The fourth-order valence-electron chi connectivity index (χ4n) is 2.87. The molecular formula is C23H24F2INO6. The van der Waals surface area contributed by atoms with Gasteiger partial charge in [0.2, 0.25) is 0 Å². The molecule has 0 aliphatic rings. The molecule has 0 heterocycles. The number of methoxy groups -OCH3 is 1. The summed E-state index contributed by atoms with van der Waals surface area (Å²) in [5.74, 6) is -6.07. The van der Waals surface area contributed by atoms with E-state index >= 15 is 0 Å². The molecule has 2 atom stereocenters. The number of esters is 1. The largest absolute Gasteiger partial charge is 0.465 e. The molecule has 10 heteroatoms. The quantitative estimate of drug-likeness (QED) is 0.0604. The number of carbonyl (C=O) groups is 2. The molecule has 178 valence electrons. The van der Waals surface area contributed by atoms with Gasteiger partial charge >= 0.3 is 5.97 Å². The molecule has 0 aliphatic carbocycles. The summed E-state index contributed by atoms with van der Waals surface area (Å²) in [4.78, 5) is 29.1. The zero-order valence-corrected chi connectivity index (χ0v) is 20.3. The lowest BCUT2D eigenvalue weighted by atomic mass is 9.98. The number of Topliss-reactive ketones (excluding diaryl/α,β-unsaturated/α-hetero) is 1. The molecule has 0 saturated carbocycles. The zero-order chi connectivity index (χ0) is 24.4. The summed E-state index contributed by atoms with van der Waals surface area (Å²) in [6.07, 6.45) is -0.0415. The minimum atomic E-state index is -1.59. The van der Waals surface area contributed by atoms with Gasteiger partial charge in [-0.3, -0.25) is 14.6 Å². The Morgan fingerprint density at radius 2 is 2.00 bits per heavy atom. The number of aliphatic hydroxyl groups excluding tert-OH is 1. The number of hydrogen-bond donors (Lipinski definition) is 1. The van der Waals surface area contributed by atoms with E-state index in [1.54, 1.807) is 47.7 Å². The molecule has 0 spiro atoms. The Kier molecular flexibility index (Phi) is 11.0. The number of carbonyl (C=O) groups excluding carboxylic acids is 2. The van der Waals surface area contributed by atoms with Crippen molar-refractivity contribution in [2.75, 3.05) is 27.1 Å². The Labute approximate surface area is 203 Å². The van der Waals surface area contributed by atoms with Crippen molar-refractivity contribution in [3.8, 4) is 0 Å². The maximum Gasteiger partial charge on any atom is 0.322 e. The van der Waals surface area contributed by atoms with Crippen LogP contribution in [-0.4, -0.2) is 50.1 Å². The molecule has 0 aromatic heterocycles. The van der Waals surface area contributed by atoms with Gasteiger partial charge in [-0.1, -0.05) is 24.3 Å². The fourth-order valence-corrected chi connectivity index (χ4v) is 3.46. The lowest BCUT2D eigenvalue weighted by Gasteiger charge is -2.13. The summed E-state index contributed by atoms with van der Waals surface area (Å²) >= 11 is 1.74. The molecule has 0 saturated heterocycles. The van der Waals surface area contributed by atoms with Crippen LogP contribution in [0.15, 0.2) is 41.4 Å². The van der Waals surface area contributed by atoms with Crippen molar-refractivity contribution in [2.45, 2.75) is 19.6 Å². The highest BCUT2D eigenvalue weighted by Crippen LogP contribution is 2.21. The third-order valence-corrected chi connectivity index (χ3v) is 5.04. The van der Waals surface area contributed by atoms with Gasteiger partial charge < -0.3 is 19.3 Å². The smallest absolute Gasteiger partial charge is 0.322 e. The molecule has 33 heavy (non-hydrogen) atoms. The fraction of sp³-hybridized carbons (Fsp3) is 0.348. The number of aliphatic imine (C=N–C) groups is 1. The molecule has 0 aliphatic heterocycles. The maximum atomic E-state index is 14.2. The van der Waals surface area contributed by atoms with Crippen LogP contribution in [0.1, 0.15) is 34.5 Å². The highest BCUT2D eigenvalue weighted by molar-refractivity contribution is 14.1. The van der Waals surface area contributed by atoms with Gasteiger partial charge in [-0.05, 0) is 52.8 Å². The third kappa shape index (κ3) is 7.91. The topological polar surface area (TPSA) is 94.4 Å². The first-order valence-corrected chi connectivity index (χ1v) is 11.0. The van der Waals surface area contributed by atoms with Crippen LogP contribution in [0.3, 0.4) is 0 Å². The van der Waals surface area contributed by atoms with Crippen molar-refractivity contribution in [3.05, 3.63) is 68.3 Å². The van der Waals surface area contributed by atoms with E-state index in [1.807, 2.05) is 6.07 Å². The van der Waals surface area contributed by atoms with Crippen molar-refractivity contribution in [1.82, 2.24) is 0 Å². The van der Waals surface area contributed by atoms with Gasteiger partial charge in [0.05, 0.1) is 31.4 Å². The highest BCUT2D eigenvalue weighted by atomic mass is 127. The van der Waals surface area contributed by atoms with E-state index < -0.39 is 41.0 Å². The Bertz CT molecular complexity index is 1000. The Balaban J connectivity index is 2.17. The number of aliphatic hydroxyl groups is 1. The van der Waals surface area contributed by atoms with E-state index in [4.69, 9.17) is 14.2 Å². The first kappa shape index (κ1) is 27.0. The normalized spacial score (nSPS) is 13.2. The number of ether oxygens (including phenoxy) is 3. The highest BCUT2D eigenvalue weighted by Gasteiger charge is 2.30. The minimum Gasteiger partial charge on any atom is -0.465 e. The molecule has 0 radical (unpaired) electrons. The Morgan fingerprint density at radius 3 is 2.70 bits per heavy atom. The second kappa shape index (κ2) is 13.4. The number of nitrogens with zero attached hydrogens (tertiary/aromatic N) is 1. The van der Waals surface area contributed by atoms with Crippen LogP contribution in [0.25, 0.3) is 0 Å². The number of halogens is 3. The predicted molar refractivity (Wildman–Crippen MR) is 125 cm³/mol. The van der Waals surface area contributed by atoms with E-state index in [0.29, 0.717) is 9.13 Å². The summed E-state index contributed by atoms with van der Waals surface area (Å²) in [5, 5.41) is 10.5. The molecule has 2 aromatic rings. The average Bonchev–Trinajstić information content (AvgIpc) is 2.79. The van der Waals surface area contributed by atoms with Gasteiger partial charge in [0.25, 0.3) is 0 Å². The van der Waals surface area contributed by atoms with Crippen LogP contribution in [0.5, 0.6) is 0 Å². The van der Waals surface area contributed by atoms with Gasteiger partial charge in [-0.25, -0.2) is 8.78 Å². The van der Waals surface area contributed by atoms with E-state index in [0.717, 1.165) is 23.9 Å². The molecule has 2 aromatic carbocycles. The van der Waals surface area contributed by atoms with Crippen LogP contribution in [-0.2, 0) is 25.6 Å². The SMILES string of the molecule is CCOC(=O)C(C=NCC(O)c1cccc(COCOC)c1)C(=O)c1cc(I)cc(F)c1F. The first-order chi connectivity index (χ1) is 15.8. The molecular weight excluding hydrogens is 551 g/mol. The third-order valence-electron chi connectivity index (χ3n) is 4.42. The molecule has 7 nitrogen and oxygen atoms in total. The molecule has 2 rings (SSSR count). The lowest BCUT2D eigenvalue weighted by Crippen LogP contribution is -2.29. The molecule has 2 unspecified atom stereocenters. The molecule has 0 bridgehead atoms. The summed E-state index contributed by atoms with van der Waals surface area (Å²) in [5.41, 5.74) is 0.784. The predicted octanol–water partition coefficient (Wildman–Crippen LogP) is 3.86. The van der Waals surface area contributed by atoms with Crippen molar-refractivity contribution >= 4 is 40.6 Å². The zero-order valence-electron chi connectivity index (χ0n) is 18.1. The summed E-state index contributed by atoms with van der Waals surface area (Å²) < 4.78 is 43.3. The van der Waals surface area contributed by atoms with Crippen molar-refractivity contribution < 1.29 is 37.7 Å². The summed E-state index contributed by atoms with van der Waals surface area (Å²) in [7, 11) is 1.51. The molecule has 0 fully saturated rings. The Morgan fingerprint density at radius 1 is 1.24 bits per heavy atom. The van der Waals surface area contributed by atoms with Gasteiger partial charge in [0.15, 0.2) is 23.3 Å². The van der Waals surface area contributed by atoms with Crippen molar-refractivity contribution in [1.29, 1.82) is 0 Å². The van der Waals surface area contributed by atoms with Crippen LogP contribution in [0.4, 0.5) is 8.78 Å². The number of hydrogen-bond acceptors (Lipinski definition) is 7. The number of benzene rings is 2. The standard InChI is InChI=1S/C23H24F2INO6/c1-3-33-23(30)18(22(29)17-8-16(26)9-19(24)21(17)25)10-27-11-20(28)15-6-4-5-14(7-15)12-32-13-31-2/h4-10,18,20,28H,3,11-13H2,1-2H3. The second-order valence-corrected chi connectivity index (χ2v) is 8.12. The Hall–Kier alpha value is -2.28. The lowest BCUT2D eigenvalue weighted by molar-refractivity contribution is -0.144. The molecule has 1 N–H and O–H groups in total. The average molecular weight is 575 g/mol. The number of ketones is 1. The van der Waals surface area contributed by atoms with Gasteiger partial charge in [0, 0.05) is 16.9 Å². The first-order valence-electron chi connectivity index (χ1n) is 9.97.